The third kappa shape index (κ3) is 5.03. The molecule has 0 radical (unpaired) electrons. The zero-order valence-electron chi connectivity index (χ0n) is 18.0. The highest BCUT2D eigenvalue weighted by Crippen LogP contribution is 2.28. The molecule has 1 N–H and O–H groups in total. The smallest absolute Gasteiger partial charge is 0.258 e. The van der Waals surface area contributed by atoms with Gasteiger partial charge in [0.1, 0.15) is 28.6 Å². The summed E-state index contributed by atoms with van der Waals surface area (Å²) in [4.78, 5) is 25.0. The van der Waals surface area contributed by atoms with E-state index in [2.05, 4.69) is 5.32 Å². The highest BCUT2D eigenvalue weighted by Gasteiger charge is 2.17. The second-order valence-electron chi connectivity index (χ2n) is 7.48. The van der Waals surface area contributed by atoms with E-state index in [0.29, 0.717) is 40.5 Å². The molecular weight excluding hydrogens is 414 g/mol. The molecule has 0 spiro atoms. The number of rotatable bonds is 8. The molecule has 3 aromatic rings. The molecule has 1 aliphatic heterocycles. The predicted molar refractivity (Wildman–Crippen MR) is 118 cm³/mol. The second-order valence-corrected chi connectivity index (χ2v) is 7.48. The number of methoxy groups -OCH3 is 1. The molecule has 2 heterocycles. The lowest BCUT2D eigenvalue weighted by Crippen LogP contribution is -2.35. The lowest BCUT2D eigenvalue weighted by atomic mass is 10.2. The van der Waals surface area contributed by atoms with Gasteiger partial charge >= 0.3 is 0 Å². The Balaban J connectivity index is 1.44. The number of hydrogen-bond donors (Lipinski definition) is 1. The van der Waals surface area contributed by atoms with Crippen molar-refractivity contribution < 1.29 is 28.2 Å². The van der Waals surface area contributed by atoms with Crippen LogP contribution in [0.5, 0.6) is 23.0 Å². The molecule has 0 bridgehead atoms. The van der Waals surface area contributed by atoms with E-state index in [1.165, 1.54) is 0 Å². The van der Waals surface area contributed by atoms with Crippen LogP contribution >= 0.6 is 0 Å². The summed E-state index contributed by atoms with van der Waals surface area (Å²) >= 11 is 0. The standard InChI is InChI=1S/C24H25NO7/c1-15-24(32-17-7-5-16(28-2)6-8-17)23(27)20-10-9-18(12-21(20)31-15)30-14-22(26)25-13-19-4-3-11-29-19/h5-10,12,19H,3-4,11,13-14H2,1-2H3,(H,25,26)/t19-/m0/s1. The maximum Gasteiger partial charge on any atom is 0.258 e. The molecule has 1 aliphatic rings. The maximum absolute atomic E-state index is 12.9. The Morgan fingerprint density at radius 1 is 1.12 bits per heavy atom. The lowest BCUT2D eigenvalue weighted by Gasteiger charge is -2.12. The molecule has 1 atom stereocenters. The van der Waals surface area contributed by atoms with Gasteiger partial charge in [-0.15, -0.1) is 0 Å². The monoisotopic (exact) mass is 439 g/mol. The van der Waals surface area contributed by atoms with E-state index in [1.807, 2.05) is 0 Å². The average Bonchev–Trinajstić information content (AvgIpc) is 3.33. The van der Waals surface area contributed by atoms with Gasteiger partial charge in [0.25, 0.3) is 5.91 Å². The van der Waals surface area contributed by atoms with Crippen LogP contribution < -0.4 is 25.0 Å². The van der Waals surface area contributed by atoms with E-state index < -0.39 is 0 Å². The Hall–Kier alpha value is -3.52. The zero-order valence-corrected chi connectivity index (χ0v) is 18.0. The minimum absolute atomic E-state index is 0.0752. The van der Waals surface area contributed by atoms with E-state index in [-0.39, 0.29) is 29.8 Å². The summed E-state index contributed by atoms with van der Waals surface area (Å²) in [5, 5.41) is 3.16. The summed E-state index contributed by atoms with van der Waals surface area (Å²) in [7, 11) is 1.58. The lowest BCUT2D eigenvalue weighted by molar-refractivity contribution is -0.123. The second kappa shape index (κ2) is 9.74. The van der Waals surface area contributed by atoms with Gasteiger partial charge in [0.05, 0.1) is 18.6 Å². The first-order valence-corrected chi connectivity index (χ1v) is 10.4. The van der Waals surface area contributed by atoms with Crippen LogP contribution in [0.15, 0.2) is 51.7 Å². The number of benzene rings is 2. The quantitative estimate of drug-likeness (QED) is 0.573. The van der Waals surface area contributed by atoms with Crippen LogP contribution in [0.3, 0.4) is 0 Å². The fourth-order valence-electron chi connectivity index (χ4n) is 3.47. The van der Waals surface area contributed by atoms with Crippen LogP contribution in [-0.2, 0) is 9.53 Å². The number of amides is 1. The molecule has 168 valence electrons. The van der Waals surface area contributed by atoms with E-state index in [9.17, 15) is 9.59 Å². The minimum Gasteiger partial charge on any atom is -0.497 e. The first-order chi connectivity index (χ1) is 15.5. The summed E-state index contributed by atoms with van der Waals surface area (Å²) in [6.07, 6.45) is 2.05. The van der Waals surface area contributed by atoms with Crippen molar-refractivity contribution in [1.82, 2.24) is 5.32 Å². The van der Waals surface area contributed by atoms with Gasteiger partial charge in [0.15, 0.2) is 6.61 Å². The van der Waals surface area contributed by atoms with Crippen LogP contribution in [-0.4, -0.2) is 38.9 Å². The van der Waals surface area contributed by atoms with Crippen molar-refractivity contribution in [2.24, 2.45) is 0 Å². The number of aryl methyl sites for hydroxylation is 1. The summed E-state index contributed by atoms with van der Waals surface area (Å²) in [5.74, 6) is 1.83. The normalized spacial score (nSPS) is 15.5. The van der Waals surface area contributed by atoms with E-state index >= 15 is 0 Å². The molecule has 0 aliphatic carbocycles. The maximum atomic E-state index is 12.9. The van der Waals surface area contributed by atoms with Crippen molar-refractivity contribution in [3.63, 3.8) is 0 Å². The van der Waals surface area contributed by atoms with Crippen LogP contribution in [0.1, 0.15) is 18.6 Å². The van der Waals surface area contributed by atoms with Gasteiger partial charge < -0.3 is 28.7 Å². The topological polar surface area (TPSA) is 96.2 Å². The third-order valence-electron chi connectivity index (χ3n) is 5.19. The molecule has 4 rings (SSSR count). The fraction of sp³-hybridized carbons (Fsp3) is 0.333. The van der Waals surface area contributed by atoms with Gasteiger partial charge in [-0.25, -0.2) is 0 Å². The first kappa shape index (κ1) is 21.7. The Bertz CT molecular complexity index is 1150. The van der Waals surface area contributed by atoms with Gasteiger partial charge in [-0.05, 0) is 56.2 Å². The van der Waals surface area contributed by atoms with E-state index in [0.717, 1.165) is 19.4 Å². The Labute approximate surface area is 185 Å². The third-order valence-corrected chi connectivity index (χ3v) is 5.19. The molecule has 1 fully saturated rings. The predicted octanol–water partition coefficient (Wildman–Crippen LogP) is 3.58. The van der Waals surface area contributed by atoms with E-state index in [1.54, 1.807) is 56.5 Å². The molecule has 8 nitrogen and oxygen atoms in total. The number of fused-ring (bicyclic) bond motifs is 1. The fourth-order valence-corrected chi connectivity index (χ4v) is 3.47. The van der Waals surface area contributed by atoms with Gasteiger partial charge in [0, 0.05) is 19.2 Å². The number of nitrogens with one attached hydrogen (secondary N) is 1. The molecule has 1 aromatic heterocycles. The molecule has 0 saturated carbocycles. The van der Waals surface area contributed by atoms with Crippen LogP contribution in [0, 0.1) is 6.92 Å². The van der Waals surface area contributed by atoms with Crippen molar-refractivity contribution in [1.29, 1.82) is 0 Å². The Morgan fingerprint density at radius 2 is 1.88 bits per heavy atom. The summed E-state index contributed by atoms with van der Waals surface area (Å²) in [5.41, 5.74) is 0.0623. The van der Waals surface area contributed by atoms with Gasteiger partial charge in [-0.1, -0.05) is 0 Å². The largest absolute Gasteiger partial charge is 0.497 e. The van der Waals surface area contributed by atoms with Crippen molar-refractivity contribution in [2.75, 3.05) is 26.9 Å². The molecule has 1 amide bonds. The Morgan fingerprint density at radius 3 is 2.59 bits per heavy atom. The summed E-state index contributed by atoms with van der Waals surface area (Å²) < 4.78 is 27.7. The first-order valence-electron chi connectivity index (χ1n) is 10.4. The average molecular weight is 439 g/mol. The van der Waals surface area contributed by atoms with Gasteiger partial charge in [-0.2, -0.15) is 0 Å². The Kier molecular flexibility index (Phi) is 6.61. The molecule has 8 heteroatoms. The van der Waals surface area contributed by atoms with Crippen LogP contribution in [0.25, 0.3) is 11.0 Å². The van der Waals surface area contributed by atoms with Crippen molar-refractivity contribution in [3.05, 3.63) is 58.4 Å². The van der Waals surface area contributed by atoms with Crippen LogP contribution in [0.2, 0.25) is 0 Å². The van der Waals surface area contributed by atoms with Gasteiger partial charge in [-0.3, -0.25) is 9.59 Å². The summed E-state index contributed by atoms with van der Waals surface area (Å²) in [6, 6.07) is 11.7. The number of hydrogen-bond acceptors (Lipinski definition) is 7. The number of ether oxygens (including phenoxy) is 4. The molecule has 32 heavy (non-hydrogen) atoms. The number of carbonyl (C=O) groups excluding carboxylic acids is 1. The highest BCUT2D eigenvalue weighted by molar-refractivity contribution is 5.80. The van der Waals surface area contributed by atoms with Gasteiger partial charge in [0.2, 0.25) is 11.2 Å². The minimum atomic E-state index is -0.291. The van der Waals surface area contributed by atoms with Crippen molar-refractivity contribution >= 4 is 16.9 Å². The number of carbonyl (C=O) groups is 1. The van der Waals surface area contributed by atoms with E-state index in [4.69, 9.17) is 23.4 Å². The molecule has 2 aromatic carbocycles. The van der Waals surface area contributed by atoms with Crippen LogP contribution in [0.4, 0.5) is 0 Å². The highest BCUT2D eigenvalue weighted by atomic mass is 16.5. The van der Waals surface area contributed by atoms with Crippen molar-refractivity contribution in [2.45, 2.75) is 25.9 Å². The SMILES string of the molecule is COc1ccc(Oc2c(C)oc3cc(OCC(=O)NC[C@@H]4CCCO4)ccc3c2=O)cc1. The molecular formula is C24H25NO7. The molecule has 1 saturated heterocycles. The zero-order chi connectivity index (χ0) is 22.5. The molecule has 0 unspecified atom stereocenters. The summed E-state index contributed by atoms with van der Waals surface area (Å²) in [6.45, 7) is 2.74. The van der Waals surface area contributed by atoms with Crippen molar-refractivity contribution in [3.8, 4) is 23.0 Å².